The van der Waals surface area contributed by atoms with Crippen molar-refractivity contribution < 1.29 is 27.5 Å². The zero-order valence-corrected chi connectivity index (χ0v) is 17.4. The first-order valence-corrected chi connectivity index (χ1v) is 11.1. The fourth-order valence-corrected chi connectivity index (χ4v) is 3.47. The van der Waals surface area contributed by atoms with Gasteiger partial charge in [0.1, 0.15) is 5.82 Å². The van der Waals surface area contributed by atoms with E-state index in [-0.39, 0.29) is 30.5 Å². The number of ether oxygens (including phenoxy) is 1. The highest BCUT2D eigenvalue weighted by molar-refractivity contribution is 7.90. The van der Waals surface area contributed by atoms with Crippen molar-refractivity contribution in [3.63, 3.8) is 0 Å². The number of benzene rings is 2. The molecule has 0 fully saturated rings. The highest BCUT2D eigenvalue weighted by Gasteiger charge is 2.14. The molecule has 0 amide bonds. The normalized spacial score (nSPS) is 11.4. The van der Waals surface area contributed by atoms with Gasteiger partial charge in [-0.15, -0.1) is 10.1 Å². The molecular formula is C20H20FN3O6S. The van der Waals surface area contributed by atoms with Crippen molar-refractivity contribution >= 4 is 9.84 Å². The molecule has 31 heavy (non-hydrogen) atoms. The molecule has 9 nitrogen and oxygen atoms in total. The van der Waals surface area contributed by atoms with E-state index in [1.165, 1.54) is 24.3 Å². The van der Waals surface area contributed by atoms with Gasteiger partial charge in [0.25, 0.3) is 5.09 Å². The molecular weight excluding hydrogens is 429 g/mol. The molecule has 0 saturated heterocycles. The van der Waals surface area contributed by atoms with E-state index in [0.717, 1.165) is 11.8 Å². The third-order valence-electron chi connectivity index (χ3n) is 4.29. The molecule has 0 spiro atoms. The Morgan fingerprint density at radius 3 is 2.39 bits per heavy atom. The van der Waals surface area contributed by atoms with Gasteiger partial charge in [-0.2, -0.15) is 5.10 Å². The van der Waals surface area contributed by atoms with E-state index in [9.17, 15) is 22.9 Å². The van der Waals surface area contributed by atoms with Gasteiger partial charge in [0.2, 0.25) is 0 Å². The predicted octanol–water partition coefficient (Wildman–Crippen LogP) is 3.20. The molecule has 0 radical (unpaired) electrons. The molecule has 0 atom stereocenters. The third kappa shape index (κ3) is 6.09. The molecule has 0 saturated carbocycles. The van der Waals surface area contributed by atoms with Gasteiger partial charge in [-0.1, -0.05) is 12.1 Å². The van der Waals surface area contributed by atoms with E-state index in [0.29, 0.717) is 23.5 Å². The van der Waals surface area contributed by atoms with Crippen LogP contribution in [0.1, 0.15) is 12.1 Å². The molecule has 3 aromatic rings. The standard InChI is InChI=1S/C20H20FN3O6S/c1-31(27,28)19-9-3-15(4-10-19)20-13-17(14-29-11-2-12-30-24(25)26)22-23(20)18-7-5-16(21)6-8-18/h3-10,13H,2,11-12,14H2,1H3. The van der Waals surface area contributed by atoms with Crippen LogP contribution in [-0.2, 0) is 26.0 Å². The van der Waals surface area contributed by atoms with E-state index in [1.54, 1.807) is 35.0 Å². The maximum Gasteiger partial charge on any atom is 0.294 e. The van der Waals surface area contributed by atoms with Crippen LogP contribution in [0.25, 0.3) is 16.9 Å². The van der Waals surface area contributed by atoms with Gasteiger partial charge in [-0.3, -0.25) is 0 Å². The topological polar surface area (TPSA) is 114 Å². The van der Waals surface area contributed by atoms with Crippen LogP contribution < -0.4 is 0 Å². The first-order valence-electron chi connectivity index (χ1n) is 9.24. The molecule has 0 bridgehead atoms. The number of hydrogen-bond acceptors (Lipinski definition) is 7. The molecule has 11 heteroatoms. The molecule has 0 N–H and O–H groups in total. The summed E-state index contributed by atoms with van der Waals surface area (Å²) >= 11 is 0. The molecule has 2 aromatic carbocycles. The summed E-state index contributed by atoms with van der Waals surface area (Å²) in [4.78, 5) is 14.6. The second-order valence-corrected chi connectivity index (χ2v) is 8.68. The number of nitrogens with zero attached hydrogens (tertiary/aromatic N) is 3. The van der Waals surface area contributed by atoms with Gasteiger partial charge >= 0.3 is 0 Å². The Morgan fingerprint density at radius 1 is 1.10 bits per heavy atom. The first kappa shape index (κ1) is 22.4. The molecule has 1 aromatic heterocycles. The summed E-state index contributed by atoms with van der Waals surface area (Å²) in [5.41, 5.74) is 2.59. The Hall–Kier alpha value is -3.31. The Kier molecular flexibility index (Phi) is 6.98. The van der Waals surface area contributed by atoms with Crippen LogP contribution >= 0.6 is 0 Å². The Balaban J connectivity index is 1.83. The van der Waals surface area contributed by atoms with E-state index in [1.807, 2.05) is 0 Å². The van der Waals surface area contributed by atoms with Crippen molar-refractivity contribution in [2.45, 2.75) is 17.9 Å². The summed E-state index contributed by atoms with van der Waals surface area (Å²) in [7, 11) is -3.33. The summed E-state index contributed by atoms with van der Waals surface area (Å²) in [6, 6.07) is 14.0. The summed E-state index contributed by atoms with van der Waals surface area (Å²) < 4.78 is 43.9. The molecule has 3 rings (SSSR count). The van der Waals surface area contributed by atoms with Gasteiger partial charge in [-0.05, 0) is 48.9 Å². The fraction of sp³-hybridized carbons (Fsp3) is 0.250. The second kappa shape index (κ2) is 9.67. The smallest absolute Gasteiger partial charge is 0.294 e. The monoisotopic (exact) mass is 449 g/mol. The minimum atomic E-state index is -3.33. The molecule has 164 valence electrons. The van der Waals surface area contributed by atoms with Crippen LogP contribution in [0.4, 0.5) is 4.39 Å². The van der Waals surface area contributed by atoms with Crippen LogP contribution in [0.3, 0.4) is 0 Å². The van der Waals surface area contributed by atoms with Crippen LogP contribution in [0.15, 0.2) is 59.5 Å². The van der Waals surface area contributed by atoms with Crippen molar-refractivity contribution in [2.75, 3.05) is 19.5 Å². The molecule has 0 aliphatic rings. The van der Waals surface area contributed by atoms with Gasteiger partial charge in [0.05, 0.1) is 35.2 Å². The van der Waals surface area contributed by atoms with Crippen molar-refractivity contribution in [1.29, 1.82) is 0 Å². The number of sulfone groups is 1. The molecule has 0 aliphatic carbocycles. The van der Waals surface area contributed by atoms with E-state index in [2.05, 4.69) is 9.94 Å². The minimum absolute atomic E-state index is 0.0606. The number of hydrogen-bond donors (Lipinski definition) is 0. The predicted molar refractivity (Wildman–Crippen MR) is 109 cm³/mol. The lowest BCUT2D eigenvalue weighted by atomic mass is 10.1. The fourth-order valence-electron chi connectivity index (χ4n) is 2.84. The highest BCUT2D eigenvalue weighted by Crippen LogP contribution is 2.26. The van der Waals surface area contributed by atoms with Crippen LogP contribution in [-0.4, -0.2) is 42.8 Å². The third-order valence-corrected chi connectivity index (χ3v) is 5.42. The largest absolute Gasteiger partial charge is 0.375 e. The summed E-state index contributed by atoms with van der Waals surface area (Å²) in [5.74, 6) is -0.379. The van der Waals surface area contributed by atoms with Crippen LogP contribution in [0.2, 0.25) is 0 Å². The summed E-state index contributed by atoms with van der Waals surface area (Å²) in [6.07, 6.45) is 1.48. The number of aromatic nitrogens is 2. The zero-order chi connectivity index (χ0) is 22.4. The van der Waals surface area contributed by atoms with Crippen LogP contribution in [0.5, 0.6) is 0 Å². The van der Waals surface area contributed by atoms with Gasteiger partial charge in [-0.25, -0.2) is 17.5 Å². The summed E-state index contributed by atoms with van der Waals surface area (Å²) in [5, 5.41) is 13.8. The zero-order valence-electron chi connectivity index (χ0n) is 16.6. The molecule has 0 unspecified atom stereocenters. The maximum absolute atomic E-state index is 13.3. The lowest BCUT2D eigenvalue weighted by Crippen LogP contribution is -2.06. The average Bonchev–Trinajstić information content (AvgIpc) is 3.14. The van der Waals surface area contributed by atoms with Gasteiger partial charge in [0, 0.05) is 18.4 Å². The first-order chi connectivity index (χ1) is 14.7. The Bertz CT molecular complexity index is 1140. The van der Waals surface area contributed by atoms with Gasteiger partial charge in [0.15, 0.2) is 9.84 Å². The summed E-state index contributed by atoms with van der Waals surface area (Å²) in [6.45, 7) is 0.339. The SMILES string of the molecule is CS(=O)(=O)c1ccc(-c2cc(COCCCO[N+](=O)[O-])nn2-c2ccc(F)cc2)cc1. The number of halogens is 1. The quantitative estimate of drug-likeness (QED) is 0.265. The molecule has 0 aliphatic heterocycles. The average molecular weight is 449 g/mol. The highest BCUT2D eigenvalue weighted by atomic mass is 32.2. The van der Waals surface area contributed by atoms with E-state index >= 15 is 0 Å². The van der Waals surface area contributed by atoms with E-state index in [4.69, 9.17) is 4.74 Å². The van der Waals surface area contributed by atoms with E-state index < -0.39 is 14.9 Å². The van der Waals surface area contributed by atoms with Crippen molar-refractivity contribution in [1.82, 2.24) is 9.78 Å². The van der Waals surface area contributed by atoms with Gasteiger partial charge < -0.3 is 9.57 Å². The van der Waals surface area contributed by atoms with Crippen LogP contribution in [0, 0.1) is 15.9 Å². The lowest BCUT2D eigenvalue weighted by Gasteiger charge is -2.08. The van der Waals surface area contributed by atoms with Crippen molar-refractivity contribution in [3.05, 3.63) is 76.2 Å². The minimum Gasteiger partial charge on any atom is -0.375 e. The maximum atomic E-state index is 13.3. The lowest BCUT2D eigenvalue weighted by molar-refractivity contribution is -0.757. The second-order valence-electron chi connectivity index (χ2n) is 6.67. The van der Waals surface area contributed by atoms with Crippen molar-refractivity contribution in [3.8, 4) is 16.9 Å². The Labute approximate surface area is 178 Å². The molecule has 1 heterocycles. The Morgan fingerprint density at radius 2 is 1.77 bits per heavy atom. The van der Waals surface area contributed by atoms with Crippen molar-refractivity contribution in [2.24, 2.45) is 0 Å². The number of rotatable bonds is 10.